The van der Waals surface area contributed by atoms with Crippen LogP contribution in [0.2, 0.25) is 0 Å². The van der Waals surface area contributed by atoms with Crippen LogP contribution in [-0.2, 0) is 11.2 Å². The van der Waals surface area contributed by atoms with E-state index in [-0.39, 0.29) is 17.9 Å². The van der Waals surface area contributed by atoms with Crippen LogP contribution in [0.1, 0.15) is 44.2 Å². The third-order valence-electron chi connectivity index (χ3n) is 4.19. The van der Waals surface area contributed by atoms with Gasteiger partial charge in [0.2, 0.25) is 5.91 Å². The minimum absolute atomic E-state index is 0.00345. The van der Waals surface area contributed by atoms with Crippen molar-refractivity contribution in [1.29, 1.82) is 0 Å². The van der Waals surface area contributed by atoms with Gasteiger partial charge in [0, 0.05) is 49.4 Å². The van der Waals surface area contributed by atoms with Crippen LogP contribution in [0.5, 0.6) is 0 Å². The molecule has 0 aliphatic rings. The van der Waals surface area contributed by atoms with Crippen molar-refractivity contribution in [3.63, 3.8) is 0 Å². The van der Waals surface area contributed by atoms with E-state index in [1.807, 2.05) is 52.7 Å². The summed E-state index contributed by atoms with van der Waals surface area (Å²) in [5.74, 6) is 1.22. The molecule has 3 aromatic heterocycles. The summed E-state index contributed by atoms with van der Waals surface area (Å²) < 4.78 is 3.98. The number of fused-ring (bicyclic) bond motifs is 1. The molecule has 1 unspecified atom stereocenters. The summed E-state index contributed by atoms with van der Waals surface area (Å²) in [6, 6.07) is 5.64. The second-order valence-electron chi connectivity index (χ2n) is 6.24. The molecule has 0 bridgehead atoms. The molecule has 0 saturated heterocycles. The molecule has 0 spiro atoms. The highest BCUT2D eigenvalue weighted by molar-refractivity contribution is 5.79. The molecule has 24 heavy (non-hydrogen) atoms. The molecular weight excluding hydrogens is 302 g/mol. The van der Waals surface area contributed by atoms with Gasteiger partial charge >= 0.3 is 0 Å². The Morgan fingerprint density at radius 3 is 2.83 bits per heavy atom. The Bertz CT molecular complexity index is 833. The number of aromatic nitrogens is 4. The van der Waals surface area contributed by atoms with E-state index < -0.39 is 0 Å². The molecule has 0 fully saturated rings. The van der Waals surface area contributed by atoms with Gasteiger partial charge in [0.1, 0.15) is 17.5 Å². The summed E-state index contributed by atoms with van der Waals surface area (Å²) in [7, 11) is 0. The van der Waals surface area contributed by atoms with Crippen LogP contribution in [0, 0.1) is 0 Å². The largest absolute Gasteiger partial charge is 0.354 e. The van der Waals surface area contributed by atoms with Crippen molar-refractivity contribution in [1.82, 2.24) is 24.3 Å². The molecule has 0 aliphatic carbocycles. The fourth-order valence-corrected chi connectivity index (χ4v) is 2.86. The number of nitrogens with zero attached hydrogens (tertiary/aromatic N) is 4. The average Bonchev–Trinajstić information content (AvgIpc) is 3.21. The average molecular weight is 325 g/mol. The van der Waals surface area contributed by atoms with Gasteiger partial charge in [-0.05, 0) is 19.1 Å². The zero-order valence-corrected chi connectivity index (χ0v) is 14.3. The minimum atomic E-state index is -0.271. The molecule has 3 aromatic rings. The van der Waals surface area contributed by atoms with E-state index in [2.05, 4.69) is 29.1 Å². The van der Waals surface area contributed by atoms with Crippen molar-refractivity contribution in [2.24, 2.45) is 0 Å². The molecule has 6 nitrogen and oxygen atoms in total. The Balaban J connectivity index is 1.60. The van der Waals surface area contributed by atoms with E-state index >= 15 is 0 Å². The highest BCUT2D eigenvalue weighted by Crippen LogP contribution is 2.17. The standard InChI is InChI=1S/C18H23N5O/c1-13(2)17-19-9-11-22(17)14(3)18(24)20-8-7-15-12-21-16-6-4-5-10-23(15)16/h4-6,9-14H,7-8H2,1-3H3,(H,20,24). The van der Waals surface area contributed by atoms with E-state index in [4.69, 9.17) is 0 Å². The minimum Gasteiger partial charge on any atom is -0.354 e. The lowest BCUT2D eigenvalue weighted by molar-refractivity contribution is -0.123. The van der Waals surface area contributed by atoms with Gasteiger partial charge in [-0.15, -0.1) is 0 Å². The lowest BCUT2D eigenvalue weighted by Gasteiger charge is -2.17. The van der Waals surface area contributed by atoms with E-state index in [0.717, 1.165) is 23.6 Å². The Morgan fingerprint density at radius 1 is 1.21 bits per heavy atom. The predicted octanol–water partition coefficient (Wildman–Crippen LogP) is 2.57. The lowest BCUT2D eigenvalue weighted by atomic mass is 10.2. The quantitative estimate of drug-likeness (QED) is 0.757. The molecule has 1 amide bonds. The van der Waals surface area contributed by atoms with Crippen LogP contribution >= 0.6 is 0 Å². The first-order chi connectivity index (χ1) is 11.6. The molecule has 0 saturated carbocycles. The monoisotopic (exact) mass is 325 g/mol. The van der Waals surface area contributed by atoms with Crippen LogP contribution in [0.4, 0.5) is 0 Å². The summed E-state index contributed by atoms with van der Waals surface area (Å²) in [5, 5.41) is 3.01. The first kappa shape index (κ1) is 16.2. The molecule has 3 rings (SSSR count). The smallest absolute Gasteiger partial charge is 0.242 e. The Kier molecular flexibility index (Phi) is 4.64. The SMILES string of the molecule is CC(C)c1nccn1C(C)C(=O)NCCc1cnc2ccccn12. The van der Waals surface area contributed by atoms with Gasteiger partial charge in [0.25, 0.3) is 0 Å². The van der Waals surface area contributed by atoms with E-state index in [0.29, 0.717) is 6.54 Å². The number of carbonyl (C=O) groups is 1. The topological polar surface area (TPSA) is 64.2 Å². The second kappa shape index (κ2) is 6.86. The third-order valence-corrected chi connectivity index (χ3v) is 4.19. The second-order valence-corrected chi connectivity index (χ2v) is 6.24. The first-order valence-corrected chi connectivity index (χ1v) is 8.29. The van der Waals surface area contributed by atoms with Gasteiger partial charge in [-0.3, -0.25) is 4.79 Å². The molecule has 126 valence electrons. The van der Waals surface area contributed by atoms with Gasteiger partial charge in [0.05, 0.1) is 0 Å². The van der Waals surface area contributed by atoms with Gasteiger partial charge < -0.3 is 14.3 Å². The van der Waals surface area contributed by atoms with E-state index in [9.17, 15) is 4.79 Å². The fourth-order valence-electron chi connectivity index (χ4n) is 2.86. The van der Waals surface area contributed by atoms with Gasteiger partial charge in [-0.1, -0.05) is 19.9 Å². The van der Waals surface area contributed by atoms with Crippen molar-refractivity contribution in [2.45, 2.75) is 39.2 Å². The molecule has 1 atom stereocenters. The summed E-state index contributed by atoms with van der Waals surface area (Å²) >= 11 is 0. The zero-order chi connectivity index (χ0) is 17.1. The molecular formula is C18H23N5O. The maximum atomic E-state index is 12.4. The van der Waals surface area contributed by atoms with Crippen LogP contribution in [0.3, 0.4) is 0 Å². The van der Waals surface area contributed by atoms with Gasteiger partial charge in [-0.25, -0.2) is 9.97 Å². The van der Waals surface area contributed by atoms with Crippen molar-refractivity contribution in [3.8, 4) is 0 Å². The summed E-state index contributed by atoms with van der Waals surface area (Å²) in [5.41, 5.74) is 2.01. The molecule has 0 aromatic carbocycles. The number of hydrogen-bond donors (Lipinski definition) is 1. The van der Waals surface area contributed by atoms with Gasteiger partial charge in [-0.2, -0.15) is 0 Å². The number of nitrogens with one attached hydrogen (secondary N) is 1. The highest BCUT2D eigenvalue weighted by Gasteiger charge is 2.18. The zero-order valence-electron chi connectivity index (χ0n) is 14.3. The van der Waals surface area contributed by atoms with Crippen LogP contribution in [0.25, 0.3) is 5.65 Å². The normalized spacial score (nSPS) is 12.7. The number of amides is 1. The molecule has 1 N–H and O–H groups in total. The van der Waals surface area contributed by atoms with Crippen LogP contribution in [-0.4, -0.2) is 31.4 Å². The summed E-state index contributed by atoms with van der Waals surface area (Å²) in [6.45, 7) is 6.64. The Hall–Kier alpha value is -2.63. The van der Waals surface area contributed by atoms with Crippen LogP contribution in [0.15, 0.2) is 43.0 Å². The predicted molar refractivity (Wildman–Crippen MR) is 92.9 cm³/mol. The maximum Gasteiger partial charge on any atom is 0.242 e. The number of pyridine rings is 1. The van der Waals surface area contributed by atoms with Crippen LogP contribution < -0.4 is 5.32 Å². The third kappa shape index (κ3) is 3.18. The molecule has 0 aliphatic heterocycles. The van der Waals surface area contributed by atoms with Crippen molar-refractivity contribution < 1.29 is 4.79 Å². The fraction of sp³-hybridized carbons (Fsp3) is 0.389. The Labute approximate surface area is 141 Å². The van der Waals surface area contributed by atoms with E-state index in [1.165, 1.54) is 0 Å². The highest BCUT2D eigenvalue weighted by atomic mass is 16.2. The van der Waals surface area contributed by atoms with Crippen molar-refractivity contribution >= 4 is 11.6 Å². The summed E-state index contributed by atoms with van der Waals surface area (Å²) in [4.78, 5) is 21.1. The van der Waals surface area contributed by atoms with Gasteiger partial charge in [0.15, 0.2) is 0 Å². The number of hydrogen-bond acceptors (Lipinski definition) is 3. The van der Waals surface area contributed by atoms with Crippen molar-refractivity contribution in [3.05, 3.63) is 54.5 Å². The molecule has 6 heteroatoms. The number of carbonyl (C=O) groups excluding carboxylic acids is 1. The first-order valence-electron chi connectivity index (χ1n) is 8.29. The molecule has 0 radical (unpaired) electrons. The number of imidazole rings is 2. The molecule has 3 heterocycles. The lowest BCUT2D eigenvalue weighted by Crippen LogP contribution is -2.33. The number of rotatable bonds is 6. The van der Waals surface area contributed by atoms with E-state index in [1.54, 1.807) is 6.20 Å². The summed E-state index contributed by atoms with van der Waals surface area (Å²) in [6.07, 6.45) is 8.20. The Morgan fingerprint density at radius 2 is 2.04 bits per heavy atom. The van der Waals surface area contributed by atoms with Crippen molar-refractivity contribution in [2.75, 3.05) is 6.54 Å². The maximum absolute atomic E-state index is 12.4.